The summed E-state index contributed by atoms with van der Waals surface area (Å²) in [4.78, 5) is 40.8. The van der Waals surface area contributed by atoms with Crippen LogP contribution in [0.15, 0.2) is 9.70 Å². The van der Waals surface area contributed by atoms with Gasteiger partial charge in [-0.3, -0.25) is 23.9 Å². The number of carboxylic acid groups (broad SMARTS) is 1. The lowest BCUT2D eigenvalue weighted by Gasteiger charge is -2.33. The summed E-state index contributed by atoms with van der Waals surface area (Å²) in [5, 5.41) is 18.7. The summed E-state index contributed by atoms with van der Waals surface area (Å²) in [5.41, 5.74) is 0.849. The zero-order valence-corrected chi connectivity index (χ0v) is 20.3. The second kappa shape index (κ2) is 11.0. The van der Waals surface area contributed by atoms with Gasteiger partial charge >= 0.3 is 5.97 Å². The Hall–Kier alpha value is -2.68. The SMILES string of the molecule is CCCCn1c(N2CCOCC2)c(/C=C2/SC(=S)N(CCC(=O)O)C2=O)c(C)c(C#N)c1=O. The predicted molar refractivity (Wildman–Crippen MR) is 130 cm³/mol. The Morgan fingerprint density at radius 3 is 2.61 bits per heavy atom. The van der Waals surface area contributed by atoms with E-state index in [0.717, 1.165) is 24.6 Å². The largest absolute Gasteiger partial charge is 0.481 e. The molecular formula is C22H26N4O5S2. The Balaban J connectivity index is 2.16. The van der Waals surface area contributed by atoms with Crippen LogP contribution < -0.4 is 10.5 Å². The fraction of sp³-hybridized carbons (Fsp3) is 0.500. The molecule has 0 saturated carbocycles. The molecule has 0 unspecified atom stereocenters. The third-order valence-electron chi connectivity index (χ3n) is 5.59. The molecule has 0 spiro atoms. The van der Waals surface area contributed by atoms with Gasteiger partial charge in [0.25, 0.3) is 11.5 Å². The molecule has 1 N–H and O–H groups in total. The molecule has 2 aliphatic rings. The summed E-state index contributed by atoms with van der Waals surface area (Å²) in [6, 6.07) is 2.04. The lowest BCUT2D eigenvalue weighted by molar-refractivity contribution is -0.137. The van der Waals surface area contributed by atoms with E-state index in [9.17, 15) is 19.6 Å². The molecule has 3 heterocycles. The molecule has 2 aliphatic heterocycles. The van der Waals surface area contributed by atoms with E-state index in [-0.39, 0.29) is 34.3 Å². The van der Waals surface area contributed by atoms with Crippen LogP contribution in [0.1, 0.15) is 42.9 Å². The molecule has 0 aliphatic carbocycles. The molecule has 33 heavy (non-hydrogen) atoms. The van der Waals surface area contributed by atoms with Crippen molar-refractivity contribution in [3.63, 3.8) is 0 Å². The van der Waals surface area contributed by atoms with E-state index in [0.29, 0.717) is 54.7 Å². The van der Waals surface area contributed by atoms with Gasteiger partial charge in [-0.1, -0.05) is 37.3 Å². The van der Waals surface area contributed by atoms with Gasteiger partial charge in [-0.25, -0.2) is 0 Å². The summed E-state index contributed by atoms with van der Waals surface area (Å²) in [5.74, 6) is -0.715. The molecule has 1 aromatic heterocycles. The number of amides is 1. The zero-order valence-electron chi connectivity index (χ0n) is 18.6. The molecule has 0 aromatic carbocycles. The molecule has 0 atom stereocenters. The number of aromatic nitrogens is 1. The van der Waals surface area contributed by atoms with Crippen LogP contribution in [0.5, 0.6) is 0 Å². The standard InChI is InChI=1S/C22H26N4O5S2/c1-3-4-6-25-19(24-8-10-31-11-9-24)15(14(2)16(13-23)20(25)29)12-17-21(30)26(22(32)33-17)7-5-18(27)28/h12H,3-11H2,1-2H3,(H,27,28)/b17-12+. The van der Waals surface area contributed by atoms with Crippen LogP contribution in [0.2, 0.25) is 0 Å². The molecular weight excluding hydrogens is 464 g/mol. The highest BCUT2D eigenvalue weighted by molar-refractivity contribution is 8.26. The lowest BCUT2D eigenvalue weighted by Crippen LogP contribution is -2.41. The second-order valence-corrected chi connectivity index (χ2v) is 9.41. The lowest BCUT2D eigenvalue weighted by atomic mass is 10.0. The molecule has 9 nitrogen and oxygen atoms in total. The van der Waals surface area contributed by atoms with Crippen molar-refractivity contribution in [1.29, 1.82) is 5.26 Å². The highest BCUT2D eigenvalue weighted by Gasteiger charge is 2.33. The fourth-order valence-corrected chi connectivity index (χ4v) is 5.11. The average Bonchev–Trinajstić information content (AvgIpc) is 3.06. The monoisotopic (exact) mass is 490 g/mol. The Bertz CT molecular complexity index is 1100. The first kappa shape index (κ1) is 25.0. The number of hydrogen-bond donors (Lipinski definition) is 1. The van der Waals surface area contributed by atoms with E-state index in [1.165, 1.54) is 4.90 Å². The normalized spacial score (nSPS) is 17.7. The van der Waals surface area contributed by atoms with Crippen LogP contribution in [0.25, 0.3) is 6.08 Å². The minimum Gasteiger partial charge on any atom is -0.481 e. The summed E-state index contributed by atoms with van der Waals surface area (Å²) in [6.07, 6.45) is 3.12. The van der Waals surface area contributed by atoms with Crippen molar-refractivity contribution in [1.82, 2.24) is 9.47 Å². The minimum absolute atomic E-state index is 0.00785. The maximum absolute atomic E-state index is 13.2. The topological polar surface area (TPSA) is 116 Å². The second-order valence-electron chi connectivity index (χ2n) is 7.74. The number of carbonyl (C=O) groups is 2. The van der Waals surface area contributed by atoms with Gasteiger partial charge in [-0.05, 0) is 25.0 Å². The highest BCUT2D eigenvalue weighted by Crippen LogP contribution is 2.36. The van der Waals surface area contributed by atoms with Gasteiger partial charge < -0.3 is 14.7 Å². The molecule has 176 valence electrons. The number of thiocarbonyl (C=S) groups is 1. The highest BCUT2D eigenvalue weighted by atomic mass is 32.2. The zero-order chi connectivity index (χ0) is 24.1. The van der Waals surface area contributed by atoms with E-state index in [1.807, 2.05) is 13.0 Å². The van der Waals surface area contributed by atoms with Gasteiger partial charge in [-0.2, -0.15) is 5.26 Å². The number of morpholine rings is 1. The number of thioether (sulfide) groups is 1. The number of hydrogen-bond acceptors (Lipinski definition) is 8. The van der Waals surface area contributed by atoms with Crippen LogP contribution in [0, 0.1) is 18.3 Å². The molecule has 0 bridgehead atoms. The summed E-state index contributed by atoms with van der Waals surface area (Å²) >= 11 is 6.40. The van der Waals surface area contributed by atoms with E-state index in [2.05, 4.69) is 4.90 Å². The molecule has 2 fully saturated rings. The van der Waals surface area contributed by atoms with Crippen molar-refractivity contribution in [3.05, 3.63) is 31.9 Å². The van der Waals surface area contributed by atoms with Crippen LogP contribution in [-0.2, 0) is 20.9 Å². The van der Waals surface area contributed by atoms with Crippen LogP contribution in [0.3, 0.4) is 0 Å². The number of unbranched alkanes of at least 4 members (excludes halogenated alkanes) is 1. The number of nitrogens with zero attached hydrogens (tertiary/aromatic N) is 4. The number of anilines is 1. The molecule has 1 aromatic rings. The molecule has 11 heteroatoms. The van der Waals surface area contributed by atoms with Crippen molar-refractivity contribution < 1.29 is 19.4 Å². The number of aliphatic carboxylic acids is 1. The van der Waals surface area contributed by atoms with E-state index < -0.39 is 5.97 Å². The van der Waals surface area contributed by atoms with Crippen LogP contribution in [-0.4, -0.2) is 63.6 Å². The molecule has 0 radical (unpaired) electrons. The van der Waals surface area contributed by atoms with Crippen molar-refractivity contribution >= 4 is 52.1 Å². The number of carboxylic acids is 1. The number of ether oxygens (including phenoxy) is 1. The van der Waals surface area contributed by atoms with E-state index in [4.69, 9.17) is 22.1 Å². The molecule has 1 amide bonds. The van der Waals surface area contributed by atoms with Crippen molar-refractivity contribution in [2.24, 2.45) is 0 Å². The third kappa shape index (κ3) is 5.29. The van der Waals surface area contributed by atoms with E-state index in [1.54, 1.807) is 17.6 Å². The van der Waals surface area contributed by atoms with Gasteiger partial charge in [0.2, 0.25) is 0 Å². The van der Waals surface area contributed by atoms with Gasteiger partial charge in [0.05, 0.1) is 24.5 Å². The molecule has 2 saturated heterocycles. The maximum Gasteiger partial charge on any atom is 0.305 e. The van der Waals surface area contributed by atoms with Gasteiger partial charge in [-0.15, -0.1) is 0 Å². The van der Waals surface area contributed by atoms with Gasteiger partial charge in [0, 0.05) is 31.7 Å². The van der Waals surface area contributed by atoms with Crippen molar-refractivity contribution in [2.75, 3.05) is 37.7 Å². The van der Waals surface area contributed by atoms with Crippen LogP contribution in [0.4, 0.5) is 5.82 Å². The first-order chi connectivity index (χ1) is 15.8. The first-order valence-electron chi connectivity index (χ1n) is 10.8. The number of carbonyl (C=O) groups excluding carboxylic acids is 1. The first-order valence-corrected chi connectivity index (χ1v) is 12.0. The van der Waals surface area contributed by atoms with Gasteiger partial charge in [0.1, 0.15) is 21.8 Å². The average molecular weight is 491 g/mol. The quantitative estimate of drug-likeness (QED) is 0.433. The number of pyridine rings is 1. The van der Waals surface area contributed by atoms with Crippen LogP contribution >= 0.6 is 24.0 Å². The Labute approximate surface area is 201 Å². The Kier molecular flexibility index (Phi) is 8.29. The third-order valence-corrected chi connectivity index (χ3v) is 6.97. The Morgan fingerprint density at radius 2 is 2.00 bits per heavy atom. The summed E-state index contributed by atoms with van der Waals surface area (Å²) < 4.78 is 7.41. The van der Waals surface area contributed by atoms with Crippen molar-refractivity contribution in [3.8, 4) is 6.07 Å². The number of nitriles is 1. The summed E-state index contributed by atoms with van der Waals surface area (Å²) in [7, 11) is 0. The minimum atomic E-state index is -1.01. The smallest absolute Gasteiger partial charge is 0.305 e. The maximum atomic E-state index is 13.2. The summed E-state index contributed by atoms with van der Waals surface area (Å²) in [6.45, 7) is 6.38. The predicted octanol–water partition coefficient (Wildman–Crippen LogP) is 2.34. The fourth-order valence-electron chi connectivity index (χ4n) is 3.81. The Morgan fingerprint density at radius 1 is 1.30 bits per heavy atom. The van der Waals surface area contributed by atoms with E-state index >= 15 is 0 Å². The molecule has 3 rings (SSSR count). The van der Waals surface area contributed by atoms with Crippen molar-refractivity contribution in [2.45, 2.75) is 39.7 Å². The van der Waals surface area contributed by atoms with Gasteiger partial charge in [0.15, 0.2) is 0 Å². The number of rotatable bonds is 8.